The van der Waals surface area contributed by atoms with Gasteiger partial charge in [0.1, 0.15) is 5.75 Å². The molecule has 4 heterocycles. The number of aliphatic imine (C=N–C) groups is 1. The number of nitrogens with zero attached hydrogens (tertiary/aromatic N) is 2. The van der Waals surface area contributed by atoms with Gasteiger partial charge in [-0.15, -0.1) is 28.6 Å². The van der Waals surface area contributed by atoms with Crippen molar-refractivity contribution < 1.29 is 20.1 Å². The topological polar surface area (TPSA) is 169 Å². The Morgan fingerprint density at radius 2 is 1.90 bits per heavy atom. The largest absolute Gasteiger partial charge is 0.508 e. The number of phenols is 1. The summed E-state index contributed by atoms with van der Waals surface area (Å²) in [6, 6.07) is 18.2. The Balaban J connectivity index is 1.16. The zero-order valence-electron chi connectivity index (χ0n) is 38.8. The molecule has 4 aliphatic carbocycles. The van der Waals surface area contributed by atoms with E-state index in [-0.39, 0.29) is 71.1 Å². The van der Waals surface area contributed by atoms with E-state index in [1.807, 2.05) is 32.2 Å². The average Bonchev–Trinajstić information content (AvgIpc) is 4.17. The Hall–Kier alpha value is -5.37. The van der Waals surface area contributed by atoms with Crippen molar-refractivity contribution in [3.05, 3.63) is 110 Å². The van der Waals surface area contributed by atoms with E-state index in [2.05, 4.69) is 85.7 Å². The van der Waals surface area contributed by atoms with Crippen molar-refractivity contribution in [3.8, 4) is 39.2 Å². The molecule has 0 saturated heterocycles. The van der Waals surface area contributed by atoms with Crippen molar-refractivity contribution in [2.75, 3.05) is 25.5 Å². The predicted molar refractivity (Wildman–Crippen MR) is 268 cm³/mol. The van der Waals surface area contributed by atoms with Crippen LogP contribution in [0.5, 0.6) is 5.75 Å². The third-order valence-electron chi connectivity index (χ3n) is 16.4. The molecule has 2 aromatic carbocycles. The third kappa shape index (κ3) is 8.72. The molecule has 67 heavy (non-hydrogen) atoms. The van der Waals surface area contributed by atoms with E-state index in [1.165, 1.54) is 11.1 Å². The second-order valence-corrected chi connectivity index (χ2v) is 22.7. The van der Waals surface area contributed by atoms with Gasteiger partial charge in [0.15, 0.2) is 11.7 Å². The molecule has 5 aromatic rings. The molecule has 10 nitrogen and oxygen atoms in total. The standard InChI is InChI=1S/C55H62N6O4S2/c1-4-7-41-13-16-48(66-41)49-17-18-50(67-49)51(64)44-15-12-36-26-54(44)27-45(55(30-54)19-6-10-38(55)29-62)34-11-14-42-37(22-46(36)61-52(56)57-3)21-40(63)24-47(42)59-31-53(2,65)25-35-9-5-8-33(20-34)43(35)23-39-28-58-32-60-39/h5,8-9,13,16-18,21,24,28,32,34,36,38,44-46,59,62-63,65H,6,10,12,15,19-20,22-23,25-27,29-31H2,1-3H3,(H,58,60)(H3,56,57,61). The first-order valence-electron chi connectivity index (χ1n) is 24.1. The number of anilines is 1. The Morgan fingerprint density at radius 1 is 1.06 bits per heavy atom. The molecular formula is C55H62N6O4S2. The number of benzene rings is 2. The molecule has 1 aliphatic heterocycles. The monoisotopic (exact) mass is 934 g/mol. The van der Waals surface area contributed by atoms with Crippen LogP contribution >= 0.6 is 22.7 Å². The van der Waals surface area contributed by atoms with Crippen LogP contribution in [0.15, 0.2) is 72.1 Å². The summed E-state index contributed by atoms with van der Waals surface area (Å²) in [6.45, 7) is 4.06. The number of hydrogen-bond donors (Lipinski definition) is 7. The first-order chi connectivity index (χ1) is 32.4. The fourth-order valence-electron chi connectivity index (χ4n) is 13.5. The SMILES string of the molecule is CC#Cc1ccc(-c2ccc(C(=O)C3CCC4CC35CC(C3C#Cc6c(cc(O)cc6NCC(C)(O)Cc6cccc(c6Cc6cnc[nH]6)C3)CC4NC(N)=NC)C3(CCCC3CO)C5)s2)s1. The Labute approximate surface area is 402 Å². The van der Waals surface area contributed by atoms with Gasteiger partial charge in [-0.05, 0) is 153 Å². The first kappa shape index (κ1) is 45.4. The number of H-pyrrole nitrogens is 1. The lowest BCUT2D eigenvalue weighted by molar-refractivity contribution is 0.0229. The van der Waals surface area contributed by atoms with Crippen molar-refractivity contribution in [2.45, 2.75) is 103 Å². The highest BCUT2D eigenvalue weighted by Crippen LogP contribution is 2.70. The van der Waals surface area contributed by atoms with E-state index >= 15 is 4.79 Å². The van der Waals surface area contributed by atoms with E-state index in [1.54, 1.807) is 42.1 Å². The number of rotatable bonds is 7. The molecule has 0 radical (unpaired) electrons. The molecule has 9 atom stereocenters. The van der Waals surface area contributed by atoms with Gasteiger partial charge < -0.3 is 36.7 Å². The van der Waals surface area contributed by atoms with E-state index in [9.17, 15) is 15.3 Å². The number of fused-ring (bicyclic) bond motifs is 7. The van der Waals surface area contributed by atoms with Crippen LogP contribution in [0, 0.1) is 64.1 Å². The summed E-state index contributed by atoms with van der Waals surface area (Å²) in [6.07, 6.45) is 12.9. The highest BCUT2D eigenvalue weighted by atomic mass is 32.1. The molecule has 8 N–H and O–H groups in total. The molecule has 3 fully saturated rings. The average molecular weight is 935 g/mol. The minimum atomic E-state index is -1.15. The first-order valence-corrected chi connectivity index (χ1v) is 25.7. The highest BCUT2D eigenvalue weighted by molar-refractivity contribution is 7.23. The van der Waals surface area contributed by atoms with E-state index in [0.29, 0.717) is 37.3 Å². The molecule has 10 rings (SSSR count). The number of aromatic hydroxyl groups is 1. The second kappa shape index (κ2) is 18.3. The number of phenolic OH excluding ortho intramolecular Hbond substituents is 1. The maximum Gasteiger partial charge on any atom is 0.188 e. The number of aliphatic hydroxyl groups excluding tert-OH is 1. The lowest BCUT2D eigenvalue weighted by atomic mass is 9.57. The number of carbonyl (C=O) groups excluding carboxylic acids is 1. The van der Waals surface area contributed by atoms with Gasteiger partial charge in [-0.1, -0.05) is 42.4 Å². The second-order valence-electron chi connectivity index (χ2n) is 20.5. The van der Waals surface area contributed by atoms with Crippen LogP contribution in [0.1, 0.15) is 113 Å². The molecular weight excluding hydrogens is 873 g/mol. The minimum absolute atomic E-state index is 0.0822. The molecule has 0 amide bonds. The van der Waals surface area contributed by atoms with Gasteiger partial charge >= 0.3 is 0 Å². The Bertz CT molecular complexity index is 2820. The predicted octanol–water partition coefficient (Wildman–Crippen LogP) is 8.73. The number of ketones is 1. The number of imidazole rings is 1. The van der Waals surface area contributed by atoms with Crippen LogP contribution in [0.2, 0.25) is 0 Å². The van der Waals surface area contributed by atoms with Crippen molar-refractivity contribution in [2.24, 2.45) is 51.1 Å². The number of thiophene rings is 2. The fourth-order valence-corrected chi connectivity index (χ4v) is 15.5. The van der Waals surface area contributed by atoms with Gasteiger partial charge in [0.25, 0.3) is 0 Å². The van der Waals surface area contributed by atoms with Crippen molar-refractivity contribution >= 4 is 40.1 Å². The van der Waals surface area contributed by atoms with E-state index in [4.69, 9.17) is 5.73 Å². The van der Waals surface area contributed by atoms with Crippen LogP contribution in [0.3, 0.4) is 0 Å². The van der Waals surface area contributed by atoms with Crippen molar-refractivity contribution in [1.29, 1.82) is 0 Å². The van der Waals surface area contributed by atoms with Crippen LogP contribution in [-0.4, -0.2) is 68.9 Å². The number of hydrogen-bond acceptors (Lipinski definition) is 9. The normalized spacial score (nSPS) is 30.0. The Kier molecular flexibility index (Phi) is 12.4. The number of aliphatic hydroxyl groups is 2. The van der Waals surface area contributed by atoms with Crippen LogP contribution in [0.25, 0.3) is 9.75 Å². The number of Topliss-reactive ketones (excluding diaryl/α,β-unsaturated/α-hetero) is 1. The number of guanidine groups is 1. The molecule has 5 aliphatic rings. The maximum atomic E-state index is 15.5. The van der Waals surface area contributed by atoms with Gasteiger partial charge in [0.05, 0.1) is 32.9 Å². The quantitative estimate of drug-likeness (QED) is 0.0368. The highest BCUT2D eigenvalue weighted by Gasteiger charge is 2.64. The number of carbonyl (C=O) groups is 1. The fraction of sp³-hybridized carbons (Fsp3) is 0.473. The van der Waals surface area contributed by atoms with Gasteiger partial charge in [0, 0.05) is 78.6 Å². The summed E-state index contributed by atoms with van der Waals surface area (Å²) in [7, 11) is 1.70. The third-order valence-corrected chi connectivity index (χ3v) is 18.7. The summed E-state index contributed by atoms with van der Waals surface area (Å²) in [5, 5.41) is 42.2. The lowest BCUT2D eigenvalue weighted by Gasteiger charge is -2.48. The minimum Gasteiger partial charge on any atom is -0.508 e. The Morgan fingerprint density at radius 3 is 2.70 bits per heavy atom. The van der Waals surface area contributed by atoms with Crippen LogP contribution in [0.4, 0.5) is 5.69 Å². The number of nitrogens with one attached hydrogen (secondary N) is 3. The van der Waals surface area contributed by atoms with Crippen LogP contribution < -0.4 is 16.4 Å². The number of aromatic nitrogens is 2. The van der Waals surface area contributed by atoms with Gasteiger partial charge in [-0.3, -0.25) is 9.79 Å². The van der Waals surface area contributed by atoms with Crippen LogP contribution in [-0.2, 0) is 25.7 Å². The molecule has 3 aromatic heterocycles. The summed E-state index contributed by atoms with van der Waals surface area (Å²) in [4.78, 5) is 31.6. The summed E-state index contributed by atoms with van der Waals surface area (Å²) < 4.78 is 0. The maximum absolute atomic E-state index is 15.5. The zero-order valence-corrected chi connectivity index (χ0v) is 40.4. The van der Waals surface area contributed by atoms with E-state index < -0.39 is 5.60 Å². The zero-order chi connectivity index (χ0) is 46.5. The number of aromatic amines is 1. The number of β-amino-alcohol motifs (C(OH)–C–C–N with tert-alkyl or cyclic N) is 1. The van der Waals surface area contributed by atoms with E-state index in [0.717, 1.165) is 93.3 Å². The van der Waals surface area contributed by atoms with Gasteiger partial charge in [-0.25, -0.2) is 4.98 Å². The smallest absolute Gasteiger partial charge is 0.188 e. The van der Waals surface area contributed by atoms with Crippen molar-refractivity contribution in [3.63, 3.8) is 0 Å². The molecule has 3 saturated carbocycles. The summed E-state index contributed by atoms with van der Waals surface area (Å²) in [5.41, 5.74) is 11.6. The molecule has 9 unspecified atom stereocenters. The van der Waals surface area contributed by atoms with Crippen molar-refractivity contribution in [1.82, 2.24) is 15.3 Å². The molecule has 7 bridgehead atoms. The van der Waals surface area contributed by atoms with Gasteiger partial charge in [0.2, 0.25) is 0 Å². The molecule has 348 valence electrons. The van der Waals surface area contributed by atoms with Gasteiger partial charge in [-0.2, -0.15) is 0 Å². The summed E-state index contributed by atoms with van der Waals surface area (Å²) >= 11 is 3.26. The molecule has 12 heteroatoms. The lowest BCUT2D eigenvalue weighted by Crippen LogP contribution is -2.50. The number of nitrogens with two attached hydrogens (primary N) is 1. The molecule has 2 spiro atoms. The summed E-state index contributed by atoms with van der Waals surface area (Å²) in [5.74, 6) is 14.6.